The van der Waals surface area contributed by atoms with Gasteiger partial charge in [0.2, 0.25) is 0 Å². The van der Waals surface area contributed by atoms with Gasteiger partial charge in [-0.3, -0.25) is 0 Å². The van der Waals surface area contributed by atoms with Crippen molar-refractivity contribution in [1.82, 2.24) is 4.41 Å². The first-order chi connectivity index (χ1) is 14.9. The van der Waals surface area contributed by atoms with Gasteiger partial charge in [0.05, 0.1) is 23.5 Å². The second kappa shape index (κ2) is 10.0. The average molecular weight is 459 g/mol. The number of rotatable bonds is 6. The molecule has 3 aliphatic carbocycles. The Balaban J connectivity index is 1.56. The van der Waals surface area contributed by atoms with E-state index in [4.69, 9.17) is 14.6 Å². The van der Waals surface area contributed by atoms with E-state index in [0.717, 1.165) is 69.9 Å². The normalized spacial score (nSPS) is 38.3. The minimum Gasteiger partial charge on any atom is -0.379 e. The average Bonchev–Trinajstić information content (AvgIpc) is 3.26. The van der Waals surface area contributed by atoms with Crippen LogP contribution in [0, 0.1) is 11.8 Å². The molecule has 31 heavy (non-hydrogen) atoms. The molecular weight excluding hydrogens is 419 g/mol. The van der Waals surface area contributed by atoms with E-state index in [-0.39, 0.29) is 35.3 Å². The molecule has 0 spiro atoms. The van der Waals surface area contributed by atoms with E-state index < -0.39 is 16.2 Å². The number of ether oxygens (including phenoxy) is 2. The Morgan fingerprint density at radius 1 is 0.903 bits per heavy atom. The maximum Gasteiger partial charge on any atom is 0.252 e. The summed E-state index contributed by atoms with van der Waals surface area (Å²) in [7, 11) is -0.0458. The van der Waals surface area contributed by atoms with E-state index in [0.29, 0.717) is 19.3 Å². The van der Waals surface area contributed by atoms with Crippen LogP contribution in [-0.4, -0.2) is 62.4 Å². The fourth-order valence-corrected chi connectivity index (χ4v) is 8.35. The van der Waals surface area contributed by atoms with E-state index in [9.17, 15) is 12.8 Å². The number of methoxy groups -OCH3 is 2. The molecule has 4 unspecified atom stereocenters. The van der Waals surface area contributed by atoms with Gasteiger partial charge in [0.25, 0.3) is 10.0 Å². The molecule has 0 radical (unpaired) electrons. The third kappa shape index (κ3) is 4.96. The minimum atomic E-state index is -3.48. The second-order valence-corrected chi connectivity index (χ2v) is 12.1. The van der Waals surface area contributed by atoms with Crippen molar-refractivity contribution in [3.63, 3.8) is 0 Å². The van der Waals surface area contributed by atoms with Gasteiger partial charge >= 0.3 is 0 Å². The van der Waals surface area contributed by atoms with Crippen LogP contribution in [0.4, 0.5) is 4.39 Å². The maximum absolute atomic E-state index is 13.8. The Kier molecular flexibility index (Phi) is 7.59. The number of halogens is 1. The van der Waals surface area contributed by atoms with Crippen LogP contribution in [0.15, 0.2) is 5.10 Å². The van der Waals surface area contributed by atoms with Crippen molar-refractivity contribution in [2.75, 3.05) is 14.2 Å². The van der Waals surface area contributed by atoms with E-state index in [2.05, 4.69) is 0 Å². The number of sulfonamides is 1. The number of nitrogens with zero attached hydrogens (tertiary/aromatic N) is 2. The van der Waals surface area contributed by atoms with Crippen LogP contribution in [0.25, 0.3) is 0 Å². The lowest BCUT2D eigenvalue weighted by Crippen LogP contribution is -2.44. The Morgan fingerprint density at radius 3 is 2.23 bits per heavy atom. The first-order valence-electron chi connectivity index (χ1n) is 12.2. The molecule has 3 saturated carbocycles. The molecule has 0 aromatic heterocycles. The molecule has 0 N–H and O–H groups in total. The van der Waals surface area contributed by atoms with Crippen LogP contribution >= 0.6 is 0 Å². The summed E-state index contributed by atoms with van der Waals surface area (Å²) in [4.78, 5) is 0. The number of hydrogen-bond donors (Lipinski definition) is 0. The fraction of sp³-hybridized carbons (Fsp3) is 0.957. The molecule has 0 aromatic carbocycles. The zero-order valence-electron chi connectivity index (χ0n) is 19.0. The number of hydrogen-bond acceptors (Lipinski definition) is 5. The van der Waals surface area contributed by atoms with Crippen LogP contribution in [0.3, 0.4) is 0 Å². The molecule has 6 nitrogen and oxygen atoms in total. The smallest absolute Gasteiger partial charge is 0.252 e. The summed E-state index contributed by atoms with van der Waals surface area (Å²) in [5.74, 6) is 0.420. The number of alkyl halides is 1. The molecule has 4 rings (SSSR count). The van der Waals surface area contributed by atoms with Crippen molar-refractivity contribution in [2.24, 2.45) is 16.9 Å². The van der Waals surface area contributed by atoms with Crippen LogP contribution in [0.1, 0.15) is 83.5 Å². The standard InChI is InChI=1S/C23H39FN2O4S/c1-29-22-13-10-17(14-23(22)30-2)20-15-21(16-8-11-18(24)12-9-16)26(25-20)31(27,28)19-6-4-3-5-7-19/h16-19,21-23H,3-15H2,1-2H3. The lowest BCUT2D eigenvalue weighted by Gasteiger charge is -2.36. The summed E-state index contributed by atoms with van der Waals surface area (Å²) in [6.07, 6.45) is 9.81. The van der Waals surface area contributed by atoms with Gasteiger partial charge in [-0.1, -0.05) is 19.3 Å². The fourth-order valence-electron chi connectivity index (χ4n) is 6.28. The molecule has 0 bridgehead atoms. The topological polar surface area (TPSA) is 68.2 Å². The Bertz CT molecular complexity index is 732. The summed E-state index contributed by atoms with van der Waals surface area (Å²) in [5.41, 5.74) is 1.00. The number of hydrazone groups is 1. The van der Waals surface area contributed by atoms with E-state index in [1.807, 2.05) is 0 Å². The van der Waals surface area contributed by atoms with Crippen molar-refractivity contribution < 1.29 is 22.3 Å². The van der Waals surface area contributed by atoms with Crippen LogP contribution < -0.4 is 0 Å². The lowest BCUT2D eigenvalue weighted by atomic mass is 9.77. The van der Waals surface area contributed by atoms with E-state index >= 15 is 0 Å². The Labute approximate surface area is 187 Å². The van der Waals surface area contributed by atoms with Crippen molar-refractivity contribution in [2.45, 2.75) is 113 Å². The molecule has 4 atom stereocenters. The largest absolute Gasteiger partial charge is 0.379 e. The Hall–Kier alpha value is -0.730. The molecule has 1 aliphatic heterocycles. The van der Waals surface area contributed by atoms with Gasteiger partial charge in [0.1, 0.15) is 6.17 Å². The quantitative estimate of drug-likeness (QED) is 0.590. The zero-order chi connectivity index (χ0) is 22.0. The second-order valence-electron chi connectivity index (χ2n) is 10.0. The first-order valence-corrected chi connectivity index (χ1v) is 13.7. The Morgan fingerprint density at radius 2 is 1.58 bits per heavy atom. The van der Waals surface area contributed by atoms with Gasteiger partial charge < -0.3 is 9.47 Å². The third-order valence-electron chi connectivity index (χ3n) is 8.22. The van der Waals surface area contributed by atoms with Crippen molar-refractivity contribution in [3.8, 4) is 0 Å². The predicted octanol–water partition coefficient (Wildman–Crippen LogP) is 4.44. The van der Waals surface area contributed by atoms with Gasteiger partial charge in [-0.05, 0) is 63.7 Å². The van der Waals surface area contributed by atoms with Crippen molar-refractivity contribution in [3.05, 3.63) is 0 Å². The molecule has 0 aromatic rings. The van der Waals surface area contributed by atoms with Gasteiger partial charge in [-0.2, -0.15) is 9.52 Å². The third-order valence-corrected chi connectivity index (χ3v) is 10.4. The van der Waals surface area contributed by atoms with Crippen LogP contribution in [-0.2, 0) is 19.5 Å². The molecule has 0 amide bonds. The van der Waals surface area contributed by atoms with Crippen LogP contribution in [0.2, 0.25) is 0 Å². The molecule has 0 saturated heterocycles. The lowest BCUT2D eigenvalue weighted by molar-refractivity contribution is -0.0639. The van der Waals surface area contributed by atoms with Crippen LogP contribution in [0.5, 0.6) is 0 Å². The highest BCUT2D eigenvalue weighted by Gasteiger charge is 2.46. The summed E-state index contributed by atoms with van der Waals surface area (Å²) in [6, 6.07) is -0.143. The minimum absolute atomic E-state index is 0.0101. The van der Waals surface area contributed by atoms with E-state index in [1.54, 1.807) is 14.2 Å². The highest BCUT2D eigenvalue weighted by molar-refractivity contribution is 7.89. The maximum atomic E-state index is 13.8. The monoisotopic (exact) mass is 458 g/mol. The highest BCUT2D eigenvalue weighted by Crippen LogP contribution is 2.41. The summed E-state index contributed by atoms with van der Waals surface area (Å²) >= 11 is 0. The van der Waals surface area contributed by atoms with E-state index in [1.165, 1.54) is 4.41 Å². The van der Waals surface area contributed by atoms with Gasteiger partial charge in [-0.15, -0.1) is 0 Å². The SMILES string of the molecule is COC1CCC(C2=NN(S(=O)(=O)C3CCCCC3)C(C3CCC(F)CC3)C2)CC1OC. The summed E-state index contributed by atoms with van der Waals surface area (Å²) < 4.78 is 53.9. The molecule has 1 heterocycles. The molecule has 3 fully saturated rings. The molecular formula is C23H39FN2O4S. The first kappa shape index (κ1) is 23.4. The molecule has 4 aliphatic rings. The van der Waals surface area contributed by atoms with Gasteiger partial charge in [0, 0.05) is 32.3 Å². The highest BCUT2D eigenvalue weighted by atomic mass is 32.2. The van der Waals surface area contributed by atoms with Crippen molar-refractivity contribution >= 4 is 15.7 Å². The van der Waals surface area contributed by atoms with Gasteiger partial charge in [-0.25, -0.2) is 12.8 Å². The predicted molar refractivity (Wildman–Crippen MR) is 119 cm³/mol. The van der Waals surface area contributed by atoms with Crippen molar-refractivity contribution in [1.29, 1.82) is 0 Å². The van der Waals surface area contributed by atoms with Gasteiger partial charge in [0.15, 0.2) is 0 Å². The molecule has 8 heteroatoms. The summed E-state index contributed by atoms with van der Waals surface area (Å²) in [6.45, 7) is 0. The summed E-state index contributed by atoms with van der Waals surface area (Å²) in [5, 5.41) is 4.51. The zero-order valence-corrected chi connectivity index (χ0v) is 19.9. The molecule has 178 valence electrons.